The van der Waals surface area contributed by atoms with Crippen LogP contribution in [0.25, 0.3) is 0 Å². The van der Waals surface area contributed by atoms with Crippen LogP contribution in [0.4, 0.5) is 11.4 Å². The van der Waals surface area contributed by atoms with E-state index in [2.05, 4.69) is 4.98 Å². The van der Waals surface area contributed by atoms with E-state index in [4.69, 9.17) is 16.3 Å². The second-order valence-corrected chi connectivity index (χ2v) is 11.6. The molecular formula is C27H18ClN3O6S2. The Bertz CT molecular complexity index is 1650. The van der Waals surface area contributed by atoms with E-state index in [9.17, 15) is 24.5 Å². The summed E-state index contributed by atoms with van der Waals surface area (Å²) in [5.41, 5.74) is 1.86. The maximum Gasteiger partial charge on any atom is 0.305 e. The summed E-state index contributed by atoms with van der Waals surface area (Å²) in [6.45, 7) is 0.349. The van der Waals surface area contributed by atoms with Gasteiger partial charge < -0.3 is 9.72 Å². The average molecular weight is 580 g/mol. The number of fused-ring (bicyclic) bond motifs is 2. The first-order chi connectivity index (χ1) is 18.8. The van der Waals surface area contributed by atoms with E-state index >= 15 is 0 Å². The number of halogens is 1. The molecule has 6 rings (SSSR count). The number of ether oxygens (including phenoxy) is 1. The van der Waals surface area contributed by atoms with E-state index in [0.717, 1.165) is 27.4 Å². The number of non-ortho nitro benzene ring substituents is 1. The number of benzene rings is 3. The first-order valence-corrected chi connectivity index (χ1v) is 13.9. The summed E-state index contributed by atoms with van der Waals surface area (Å²) in [7, 11) is 0. The fourth-order valence-electron chi connectivity index (χ4n) is 4.87. The van der Waals surface area contributed by atoms with Crippen molar-refractivity contribution in [2.75, 3.05) is 4.90 Å². The standard InChI is InChI=1S/C27H18ClN3O6S2/c28-16-5-1-14(2-6-16)13-37-19-11-3-15(4-12-19)20-21-23(38-24-22(20)39-27(34)29-24)26(33)30(25(21)32)17-7-9-18(10-8-17)31(35)36/h1-12,20-21,23H,13H2,(H,29,34)/t20-,21?,23?/m1/s1. The molecule has 1 aromatic heterocycles. The smallest absolute Gasteiger partial charge is 0.305 e. The van der Waals surface area contributed by atoms with Crippen LogP contribution in [-0.4, -0.2) is 27.0 Å². The van der Waals surface area contributed by atoms with Gasteiger partial charge in [-0.1, -0.05) is 59.0 Å². The summed E-state index contributed by atoms with van der Waals surface area (Å²) in [5, 5.41) is 11.5. The van der Waals surface area contributed by atoms with Crippen molar-refractivity contribution >= 4 is 57.9 Å². The van der Waals surface area contributed by atoms with Crippen LogP contribution in [0.2, 0.25) is 5.02 Å². The first kappa shape index (κ1) is 25.4. The molecule has 3 heterocycles. The summed E-state index contributed by atoms with van der Waals surface area (Å²) >= 11 is 8.15. The number of amides is 2. The third-order valence-corrected chi connectivity index (χ3v) is 9.35. The second-order valence-electron chi connectivity index (χ2n) is 9.02. The molecule has 4 aromatic rings. The number of carbonyl (C=O) groups excluding carboxylic acids is 2. The Balaban J connectivity index is 1.31. The number of rotatable bonds is 6. The van der Waals surface area contributed by atoms with Crippen LogP contribution in [0.3, 0.4) is 0 Å². The number of aromatic nitrogens is 1. The molecule has 196 valence electrons. The quantitative estimate of drug-likeness (QED) is 0.185. The number of nitro benzene ring substituents is 1. The van der Waals surface area contributed by atoms with Crippen LogP contribution in [0.5, 0.6) is 5.75 Å². The normalized spacial score (nSPS) is 20.0. The van der Waals surface area contributed by atoms with Gasteiger partial charge in [-0.05, 0) is 47.5 Å². The molecule has 2 unspecified atom stereocenters. The molecular weight excluding hydrogens is 562 g/mol. The van der Waals surface area contributed by atoms with Crippen molar-refractivity contribution in [3.8, 4) is 5.75 Å². The number of aromatic amines is 1. The zero-order valence-electron chi connectivity index (χ0n) is 19.9. The number of nitrogens with zero attached hydrogens (tertiary/aromatic N) is 2. The zero-order chi connectivity index (χ0) is 27.3. The zero-order valence-corrected chi connectivity index (χ0v) is 22.3. The molecule has 0 spiro atoms. The maximum atomic E-state index is 13.8. The molecule has 2 aliphatic heterocycles. The molecule has 12 heteroatoms. The average Bonchev–Trinajstić information content (AvgIpc) is 3.43. The lowest BCUT2D eigenvalue weighted by molar-refractivity contribution is -0.384. The highest BCUT2D eigenvalue weighted by Crippen LogP contribution is 2.53. The van der Waals surface area contributed by atoms with Crippen molar-refractivity contribution in [1.29, 1.82) is 0 Å². The molecule has 0 aliphatic carbocycles. The number of imide groups is 1. The summed E-state index contributed by atoms with van der Waals surface area (Å²) in [6.07, 6.45) is 0. The number of hydrogen-bond acceptors (Lipinski definition) is 8. The summed E-state index contributed by atoms with van der Waals surface area (Å²) in [4.78, 5) is 54.4. The van der Waals surface area contributed by atoms with Crippen LogP contribution in [0, 0.1) is 16.0 Å². The Labute approximate surface area is 234 Å². The van der Waals surface area contributed by atoms with Gasteiger partial charge in [0.25, 0.3) is 5.69 Å². The number of anilines is 1. The highest BCUT2D eigenvalue weighted by atomic mass is 35.5. The fourth-order valence-corrected chi connectivity index (χ4v) is 7.51. The molecule has 0 saturated carbocycles. The van der Waals surface area contributed by atoms with Gasteiger partial charge in [-0.2, -0.15) is 0 Å². The number of thioether (sulfide) groups is 1. The molecule has 1 fully saturated rings. The molecule has 2 amide bonds. The van der Waals surface area contributed by atoms with Crippen molar-refractivity contribution in [2.24, 2.45) is 5.92 Å². The number of H-pyrrole nitrogens is 1. The van der Waals surface area contributed by atoms with Crippen LogP contribution in [0.15, 0.2) is 82.6 Å². The van der Waals surface area contributed by atoms with Gasteiger partial charge in [0.15, 0.2) is 0 Å². The monoisotopic (exact) mass is 579 g/mol. The molecule has 1 saturated heterocycles. The third-order valence-electron chi connectivity index (χ3n) is 6.70. The van der Waals surface area contributed by atoms with Gasteiger partial charge in [-0.3, -0.25) is 24.5 Å². The van der Waals surface area contributed by atoms with E-state index in [0.29, 0.717) is 27.3 Å². The summed E-state index contributed by atoms with van der Waals surface area (Å²) in [5.74, 6) is -1.49. The Morgan fingerprint density at radius 1 is 0.949 bits per heavy atom. The van der Waals surface area contributed by atoms with Crippen molar-refractivity contribution in [2.45, 2.75) is 22.8 Å². The topological polar surface area (TPSA) is 123 Å². The van der Waals surface area contributed by atoms with E-state index in [1.807, 2.05) is 24.3 Å². The summed E-state index contributed by atoms with van der Waals surface area (Å²) in [6, 6.07) is 19.9. The molecule has 0 radical (unpaired) electrons. The molecule has 3 atom stereocenters. The van der Waals surface area contributed by atoms with E-state index in [1.54, 1.807) is 24.3 Å². The van der Waals surface area contributed by atoms with Gasteiger partial charge in [0.1, 0.15) is 17.6 Å². The number of carbonyl (C=O) groups is 2. The fraction of sp³-hybridized carbons (Fsp3) is 0.148. The lowest BCUT2D eigenvalue weighted by atomic mass is 9.83. The Morgan fingerprint density at radius 3 is 2.31 bits per heavy atom. The minimum atomic E-state index is -0.753. The Hall–Kier alpha value is -3.93. The van der Waals surface area contributed by atoms with Crippen LogP contribution in [-0.2, 0) is 16.2 Å². The lowest BCUT2D eigenvalue weighted by Gasteiger charge is -2.29. The Kier molecular flexibility index (Phi) is 6.49. The first-order valence-electron chi connectivity index (χ1n) is 11.8. The highest BCUT2D eigenvalue weighted by molar-refractivity contribution is 8.00. The van der Waals surface area contributed by atoms with Crippen LogP contribution >= 0.6 is 34.7 Å². The van der Waals surface area contributed by atoms with Crippen molar-refractivity contribution in [3.05, 3.63) is 114 Å². The van der Waals surface area contributed by atoms with E-state index in [-0.39, 0.29) is 16.2 Å². The van der Waals surface area contributed by atoms with Gasteiger partial charge >= 0.3 is 4.87 Å². The maximum absolute atomic E-state index is 13.8. The minimum Gasteiger partial charge on any atom is -0.489 e. The van der Waals surface area contributed by atoms with Gasteiger partial charge in [0.2, 0.25) is 11.8 Å². The van der Waals surface area contributed by atoms with Crippen molar-refractivity contribution in [1.82, 2.24) is 4.98 Å². The predicted molar refractivity (Wildman–Crippen MR) is 148 cm³/mol. The van der Waals surface area contributed by atoms with Gasteiger partial charge in [0.05, 0.1) is 21.6 Å². The lowest BCUT2D eigenvalue weighted by Crippen LogP contribution is -2.32. The van der Waals surface area contributed by atoms with Gasteiger partial charge in [-0.15, -0.1) is 0 Å². The molecule has 1 N–H and O–H groups in total. The number of hydrogen-bond donors (Lipinski definition) is 1. The predicted octanol–water partition coefficient (Wildman–Crippen LogP) is 5.37. The molecule has 3 aromatic carbocycles. The van der Waals surface area contributed by atoms with Crippen molar-refractivity contribution in [3.63, 3.8) is 0 Å². The minimum absolute atomic E-state index is 0.138. The van der Waals surface area contributed by atoms with Gasteiger partial charge in [0, 0.05) is 28.0 Å². The summed E-state index contributed by atoms with van der Waals surface area (Å²) < 4.78 is 5.90. The van der Waals surface area contributed by atoms with Gasteiger partial charge in [-0.25, -0.2) is 4.90 Å². The number of nitro groups is 1. The molecule has 2 aliphatic rings. The second kappa shape index (κ2) is 9.99. The number of thiazole rings is 1. The third kappa shape index (κ3) is 4.62. The molecule has 0 bridgehead atoms. The van der Waals surface area contributed by atoms with E-state index < -0.39 is 33.8 Å². The van der Waals surface area contributed by atoms with E-state index in [1.165, 1.54) is 36.0 Å². The SMILES string of the molecule is O=C1C2Sc3[nH]c(=O)sc3[C@H](c3ccc(OCc4ccc(Cl)cc4)cc3)C2C(=O)N1c1ccc([N+](=O)[O-])cc1. The highest BCUT2D eigenvalue weighted by Gasteiger charge is 2.56. The van der Waals surface area contributed by atoms with Crippen LogP contribution in [0.1, 0.15) is 21.9 Å². The van der Waals surface area contributed by atoms with Crippen LogP contribution < -0.4 is 14.5 Å². The molecule has 9 nitrogen and oxygen atoms in total. The van der Waals surface area contributed by atoms with Crippen molar-refractivity contribution < 1.29 is 19.2 Å². The number of nitrogens with one attached hydrogen (secondary N) is 1. The molecule has 39 heavy (non-hydrogen) atoms. The largest absolute Gasteiger partial charge is 0.489 e. The Morgan fingerprint density at radius 2 is 1.64 bits per heavy atom.